The normalized spacial score (nSPS) is 20.0. The van der Waals surface area contributed by atoms with E-state index in [1.165, 1.54) is 22.3 Å². The van der Waals surface area contributed by atoms with Crippen molar-refractivity contribution in [3.05, 3.63) is 46.2 Å². The number of hydrogen-bond donors (Lipinski definition) is 0. The number of carbonyl (C=O) groups excluding carboxylic acids is 1. The predicted octanol–water partition coefficient (Wildman–Crippen LogP) is 4.40. The summed E-state index contributed by atoms with van der Waals surface area (Å²) in [4.78, 5) is 17.0. The third kappa shape index (κ3) is 2.47. The summed E-state index contributed by atoms with van der Waals surface area (Å²) in [6, 6.07) is 7.38. The molecule has 1 atom stereocenters. The third-order valence-corrected chi connectivity index (χ3v) is 5.51. The van der Waals surface area contributed by atoms with Crippen LogP contribution in [0.5, 0.6) is 0 Å². The molecule has 126 valence electrons. The molecule has 1 aromatic carbocycles. The maximum absolute atomic E-state index is 13.1. The van der Waals surface area contributed by atoms with Gasteiger partial charge < -0.3 is 9.80 Å². The van der Waals surface area contributed by atoms with Crippen LogP contribution in [0.25, 0.3) is 0 Å². The summed E-state index contributed by atoms with van der Waals surface area (Å²) >= 11 is 1.31. The van der Waals surface area contributed by atoms with Crippen molar-refractivity contribution in [2.45, 2.75) is 25.1 Å². The van der Waals surface area contributed by atoms with E-state index in [1.807, 2.05) is 0 Å². The fourth-order valence-corrected chi connectivity index (χ4v) is 4.21. The molecule has 0 unspecified atom stereocenters. The number of fused-ring (bicyclic) bond motifs is 3. The van der Waals surface area contributed by atoms with Crippen LogP contribution in [-0.4, -0.2) is 25.0 Å². The minimum Gasteiger partial charge on any atom is -0.365 e. The third-order valence-electron chi connectivity index (χ3n) is 4.65. The van der Waals surface area contributed by atoms with Crippen LogP contribution in [0.2, 0.25) is 0 Å². The van der Waals surface area contributed by atoms with Crippen LogP contribution in [0, 0.1) is 0 Å². The molecule has 3 heterocycles. The molecule has 2 aliphatic heterocycles. The lowest BCUT2D eigenvalue weighted by Gasteiger charge is -2.40. The number of amides is 1. The molecule has 4 rings (SSSR count). The zero-order valence-electron chi connectivity index (χ0n) is 12.7. The van der Waals surface area contributed by atoms with Crippen LogP contribution in [0.4, 0.5) is 24.5 Å². The molecule has 1 aromatic heterocycles. The Morgan fingerprint density at radius 2 is 2.04 bits per heavy atom. The van der Waals surface area contributed by atoms with Gasteiger partial charge in [-0.15, -0.1) is 11.3 Å². The van der Waals surface area contributed by atoms with Gasteiger partial charge >= 0.3 is 6.18 Å². The van der Waals surface area contributed by atoms with Crippen LogP contribution in [0.1, 0.15) is 28.1 Å². The Kier molecular flexibility index (Phi) is 3.56. The van der Waals surface area contributed by atoms with E-state index in [4.69, 9.17) is 0 Å². The number of carbonyl (C=O) groups is 1. The van der Waals surface area contributed by atoms with Crippen molar-refractivity contribution in [1.29, 1.82) is 0 Å². The second-order valence-corrected chi connectivity index (χ2v) is 7.03. The average Bonchev–Trinajstić information content (AvgIpc) is 3.23. The average molecular weight is 352 g/mol. The smallest absolute Gasteiger partial charge is 0.365 e. The van der Waals surface area contributed by atoms with Gasteiger partial charge in [0.05, 0.1) is 21.8 Å². The van der Waals surface area contributed by atoms with E-state index in [0.717, 1.165) is 37.2 Å². The summed E-state index contributed by atoms with van der Waals surface area (Å²) in [5.74, 6) is -0.225. The largest absolute Gasteiger partial charge is 0.416 e. The second kappa shape index (κ2) is 5.51. The van der Waals surface area contributed by atoms with E-state index in [-0.39, 0.29) is 11.9 Å². The van der Waals surface area contributed by atoms with Crippen LogP contribution in [0.3, 0.4) is 0 Å². The minimum atomic E-state index is -4.42. The highest BCUT2D eigenvalue weighted by molar-refractivity contribution is 7.12. The van der Waals surface area contributed by atoms with Crippen LogP contribution in [-0.2, 0) is 6.18 Å². The van der Waals surface area contributed by atoms with Gasteiger partial charge in [0, 0.05) is 19.1 Å². The van der Waals surface area contributed by atoms with Crippen molar-refractivity contribution in [3.63, 3.8) is 0 Å². The van der Waals surface area contributed by atoms with Gasteiger partial charge in [0.1, 0.15) is 0 Å². The fraction of sp³-hybridized carbons (Fsp3) is 0.353. The SMILES string of the molecule is O=C(c1cccs1)N1C[C@@H]2CCCN2c2ccc(C(F)(F)F)cc21. The van der Waals surface area contributed by atoms with Crippen LogP contribution >= 0.6 is 11.3 Å². The zero-order chi connectivity index (χ0) is 16.9. The number of hydrogen-bond acceptors (Lipinski definition) is 3. The molecule has 1 saturated heterocycles. The Morgan fingerprint density at radius 1 is 1.21 bits per heavy atom. The van der Waals surface area contributed by atoms with Gasteiger partial charge in [0.15, 0.2) is 0 Å². The Balaban J connectivity index is 1.81. The van der Waals surface area contributed by atoms with Crippen molar-refractivity contribution in [3.8, 4) is 0 Å². The van der Waals surface area contributed by atoms with E-state index in [0.29, 0.717) is 17.1 Å². The molecule has 2 aliphatic rings. The van der Waals surface area contributed by atoms with Crippen molar-refractivity contribution in [2.75, 3.05) is 22.9 Å². The highest BCUT2D eigenvalue weighted by Gasteiger charge is 2.39. The number of thiophene rings is 1. The predicted molar refractivity (Wildman–Crippen MR) is 87.8 cm³/mol. The summed E-state index contributed by atoms with van der Waals surface area (Å²) < 4.78 is 39.3. The van der Waals surface area contributed by atoms with Crippen molar-refractivity contribution < 1.29 is 18.0 Å². The van der Waals surface area contributed by atoms with Gasteiger partial charge in [-0.2, -0.15) is 13.2 Å². The molecule has 0 spiro atoms. The molecule has 7 heteroatoms. The molecule has 0 aliphatic carbocycles. The topological polar surface area (TPSA) is 23.6 Å². The number of anilines is 2. The molecular formula is C17H15F3N2OS. The molecule has 1 amide bonds. The highest BCUT2D eigenvalue weighted by Crippen LogP contribution is 2.43. The van der Waals surface area contributed by atoms with Gasteiger partial charge in [-0.1, -0.05) is 6.07 Å². The first kappa shape index (κ1) is 15.5. The Labute approximate surface area is 141 Å². The molecule has 3 nitrogen and oxygen atoms in total. The van der Waals surface area contributed by atoms with Crippen LogP contribution < -0.4 is 9.80 Å². The Bertz CT molecular complexity index is 773. The number of rotatable bonds is 1. The maximum atomic E-state index is 13.1. The van der Waals surface area contributed by atoms with E-state index in [2.05, 4.69) is 4.90 Å². The zero-order valence-corrected chi connectivity index (χ0v) is 13.5. The summed E-state index contributed by atoms with van der Waals surface area (Å²) in [6.45, 7) is 1.26. The van der Waals surface area contributed by atoms with E-state index in [1.54, 1.807) is 17.5 Å². The van der Waals surface area contributed by atoms with Crippen molar-refractivity contribution >= 4 is 28.6 Å². The Hall–Kier alpha value is -2.02. The molecule has 0 saturated carbocycles. The lowest BCUT2D eigenvalue weighted by atomic mass is 10.0. The summed E-state index contributed by atoms with van der Waals surface area (Å²) in [5, 5.41) is 1.80. The monoisotopic (exact) mass is 352 g/mol. The molecule has 0 bridgehead atoms. The molecule has 1 fully saturated rings. The quantitative estimate of drug-likeness (QED) is 0.760. The second-order valence-electron chi connectivity index (χ2n) is 6.08. The number of nitrogens with zero attached hydrogens (tertiary/aromatic N) is 2. The van der Waals surface area contributed by atoms with E-state index in [9.17, 15) is 18.0 Å². The first-order chi connectivity index (χ1) is 11.4. The highest BCUT2D eigenvalue weighted by atomic mass is 32.1. The van der Waals surface area contributed by atoms with Crippen molar-refractivity contribution in [1.82, 2.24) is 0 Å². The summed E-state index contributed by atoms with van der Waals surface area (Å²) in [5.41, 5.74) is 0.367. The van der Waals surface area contributed by atoms with Gasteiger partial charge in [-0.25, -0.2) is 0 Å². The van der Waals surface area contributed by atoms with Gasteiger partial charge in [0.2, 0.25) is 0 Å². The summed E-state index contributed by atoms with van der Waals surface area (Å²) in [6.07, 6.45) is -2.48. The van der Waals surface area contributed by atoms with Gasteiger partial charge in [-0.05, 0) is 42.5 Å². The van der Waals surface area contributed by atoms with E-state index < -0.39 is 11.7 Å². The number of halogens is 3. The fourth-order valence-electron chi connectivity index (χ4n) is 3.54. The number of alkyl halides is 3. The van der Waals surface area contributed by atoms with Gasteiger partial charge in [-0.3, -0.25) is 4.79 Å². The van der Waals surface area contributed by atoms with Crippen LogP contribution in [0.15, 0.2) is 35.7 Å². The first-order valence-corrected chi connectivity index (χ1v) is 8.66. The van der Waals surface area contributed by atoms with E-state index >= 15 is 0 Å². The van der Waals surface area contributed by atoms with Gasteiger partial charge in [0.25, 0.3) is 5.91 Å². The lowest BCUT2D eigenvalue weighted by Crippen LogP contribution is -2.48. The maximum Gasteiger partial charge on any atom is 0.416 e. The Morgan fingerprint density at radius 3 is 2.75 bits per heavy atom. The van der Waals surface area contributed by atoms with Crippen molar-refractivity contribution in [2.24, 2.45) is 0 Å². The first-order valence-electron chi connectivity index (χ1n) is 7.78. The number of benzene rings is 1. The summed E-state index contributed by atoms with van der Waals surface area (Å²) in [7, 11) is 0. The minimum absolute atomic E-state index is 0.179. The molecule has 24 heavy (non-hydrogen) atoms. The molecule has 2 aromatic rings. The molecule has 0 N–H and O–H groups in total. The molecule has 0 radical (unpaired) electrons. The molecular weight excluding hydrogens is 337 g/mol. The standard InChI is InChI=1S/C17H15F3N2OS/c18-17(19,20)11-5-6-13-14(9-11)22(10-12-3-1-7-21(12)13)16(23)15-4-2-8-24-15/h2,4-6,8-9,12H,1,3,7,10H2/t12-/m0/s1. The lowest BCUT2D eigenvalue weighted by molar-refractivity contribution is -0.137.